The summed E-state index contributed by atoms with van der Waals surface area (Å²) in [4.78, 5) is 12.9. The highest BCUT2D eigenvalue weighted by molar-refractivity contribution is 6.58. The Morgan fingerprint density at radius 2 is 2.07 bits per heavy atom. The zero-order valence-electron chi connectivity index (χ0n) is 15.4. The molecule has 1 aliphatic rings. The second-order valence-electron chi connectivity index (χ2n) is 6.24. The highest BCUT2D eigenvalue weighted by Crippen LogP contribution is 2.29. The summed E-state index contributed by atoms with van der Waals surface area (Å²) >= 11 is 0. The quantitative estimate of drug-likeness (QED) is 0.509. The Balaban J connectivity index is 1.60. The number of benzene rings is 2. The van der Waals surface area contributed by atoms with Crippen LogP contribution in [0.25, 0.3) is 0 Å². The molecular weight excluding hydrogens is 382 g/mol. The lowest BCUT2D eigenvalue weighted by Crippen LogP contribution is -2.29. The van der Waals surface area contributed by atoms with Crippen LogP contribution in [0.3, 0.4) is 0 Å². The smallest absolute Gasteiger partial charge is 0.488 e. The van der Waals surface area contributed by atoms with E-state index in [0.29, 0.717) is 38.5 Å². The highest BCUT2D eigenvalue weighted by atomic mass is 19.1. The van der Waals surface area contributed by atoms with Crippen molar-refractivity contribution in [3.8, 4) is 23.3 Å². The molecular formula is C19H18BFN2O6. The van der Waals surface area contributed by atoms with E-state index in [2.05, 4.69) is 0 Å². The van der Waals surface area contributed by atoms with E-state index in [1.807, 2.05) is 6.07 Å². The lowest BCUT2D eigenvalue weighted by Gasteiger charge is -2.13. The molecule has 10 heteroatoms. The van der Waals surface area contributed by atoms with Crippen LogP contribution in [-0.4, -0.2) is 54.5 Å². The Bertz CT molecular complexity index is 933. The van der Waals surface area contributed by atoms with E-state index < -0.39 is 12.9 Å². The number of halogens is 1. The van der Waals surface area contributed by atoms with Crippen molar-refractivity contribution in [2.75, 3.05) is 26.3 Å². The maximum Gasteiger partial charge on any atom is 0.488 e. The van der Waals surface area contributed by atoms with E-state index in [1.54, 1.807) is 4.90 Å². The normalized spacial score (nSPS) is 13.0. The molecule has 0 bridgehead atoms. The molecule has 1 saturated heterocycles. The Kier molecular flexibility index (Phi) is 6.54. The minimum atomic E-state index is -1.74. The summed E-state index contributed by atoms with van der Waals surface area (Å²) in [6.45, 7) is 1.73. The van der Waals surface area contributed by atoms with Crippen LogP contribution in [-0.2, 0) is 4.74 Å². The van der Waals surface area contributed by atoms with Gasteiger partial charge in [-0.15, -0.1) is 0 Å². The number of cyclic esters (lactones) is 1. The molecule has 0 saturated carbocycles. The van der Waals surface area contributed by atoms with Gasteiger partial charge in [-0.2, -0.15) is 5.26 Å². The molecule has 1 heterocycles. The molecule has 0 aliphatic carbocycles. The topological polar surface area (TPSA) is 112 Å². The Labute approximate surface area is 166 Å². The van der Waals surface area contributed by atoms with Gasteiger partial charge in [-0.3, -0.25) is 0 Å². The number of carbonyl (C=O) groups is 1. The van der Waals surface area contributed by atoms with Crippen LogP contribution >= 0.6 is 0 Å². The van der Waals surface area contributed by atoms with Crippen molar-refractivity contribution < 1.29 is 33.4 Å². The molecule has 2 aromatic carbocycles. The highest BCUT2D eigenvalue weighted by Gasteiger charge is 2.21. The first-order valence-electron chi connectivity index (χ1n) is 8.90. The summed E-state index contributed by atoms with van der Waals surface area (Å²) in [6.07, 6.45) is 0.226. The van der Waals surface area contributed by atoms with Gasteiger partial charge in [0.15, 0.2) is 11.6 Å². The van der Waals surface area contributed by atoms with Gasteiger partial charge in [-0.1, -0.05) is 6.07 Å². The van der Waals surface area contributed by atoms with E-state index >= 15 is 0 Å². The molecule has 0 spiro atoms. The minimum Gasteiger partial charge on any atom is -0.493 e. The predicted octanol–water partition coefficient (Wildman–Crippen LogP) is 1.39. The standard InChI is InChI=1S/C19H18BFN2O6/c21-16-11-15(27-8-1-6-23-7-9-28-19(23)24)4-5-17(16)29-18-10-14(20(25)26)3-2-13(18)12-22/h2-5,10-11,25-26H,1,6-9H2. The number of hydrogen-bond acceptors (Lipinski definition) is 7. The molecule has 2 aromatic rings. The van der Waals surface area contributed by atoms with E-state index in [-0.39, 0.29) is 28.6 Å². The monoisotopic (exact) mass is 400 g/mol. The van der Waals surface area contributed by atoms with Crippen LogP contribution in [0.5, 0.6) is 17.2 Å². The molecule has 8 nitrogen and oxygen atoms in total. The number of nitriles is 1. The van der Waals surface area contributed by atoms with Crippen molar-refractivity contribution >= 4 is 18.7 Å². The van der Waals surface area contributed by atoms with Crippen LogP contribution in [0.4, 0.5) is 9.18 Å². The maximum absolute atomic E-state index is 14.4. The van der Waals surface area contributed by atoms with E-state index in [4.69, 9.17) is 19.5 Å². The van der Waals surface area contributed by atoms with Crippen LogP contribution in [0.1, 0.15) is 12.0 Å². The molecule has 0 radical (unpaired) electrons. The molecule has 1 fully saturated rings. The lowest BCUT2D eigenvalue weighted by atomic mass is 9.80. The summed E-state index contributed by atoms with van der Waals surface area (Å²) in [5.41, 5.74) is 0.232. The first-order chi connectivity index (χ1) is 14.0. The van der Waals surface area contributed by atoms with E-state index in [9.17, 15) is 19.2 Å². The second-order valence-corrected chi connectivity index (χ2v) is 6.24. The number of ether oxygens (including phenoxy) is 3. The number of nitrogens with zero attached hydrogens (tertiary/aromatic N) is 2. The van der Waals surface area contributed by atoms with Gasteiger partial charge < -0.3 is 29.2 Å². The van der Waals surface area contributed by atoms with Gasteiger partial charge in [0, 0.05) is 12.6 Å². The van der Waals surface area contributed by atoms with Crippen molar-refractivity contribution in [3.05, 3.63) is 47.8 Å². The van der Waals surface area contributed by atoms with Gasteiger partial charge in [0.25, 0.3) is 0 Å². The molecule has 0 aromatic heterocycles. The minimum absolute atomic E-state index is 0.00293. The zero-order valence-corrected chi connectivity index (χ0v) is 15.4. The van der Waals surface area contributed by atoms with Crippen LogP contribution in [0, 0.1) is 17.1 Å². The van der Waals surface area contributed by atoms with E-state index in [0.717, 1.165) is 6.07 Å². The van der Waals surface area contributed by atoms with Crippen molar-refractivity contribution in [2.24, 2.45) is 0 Å². The Morgan fingerprint density at radius 1 is 1.24 bits per heavy atom. The van der Waals surface area contributed by atoms with Gasteiger partial charge >= 0.3 is 13.2 Å². The summed E-state index contributed by atoms with van der Waals surface area (Å²) < 4.78 is 30.1. The maximum atomic E-state index is 14.4. The Hall–Kier alpha value is -3.29. The predicted molar refractivity (Wildman–Crippen MR) is 100 cm³/mol. The first-order valence-corrected chi connectivity index (χ1v) is 8.90. The number of rotatable bonds is 8. The number of hydrogen-bond donors (Lipinski definition) is 2. The van der Waals surface area contributed by atoms with Crippen molar-refractivity contribution in [1.82, 2.24) is 4.90 Å². The van der Waals surface area contributed by atoms with Gasteiger partial charge in [0.1, 0.15) is 24.2 Å². The fraction of sp³-hybridized carbons (Fsp3) is 0.263. The summed E-state index contributed by atoms with van der Waals surface area (Å²) in [5, 5.41) is 27.7. The third-order valence-electron chi connectivity index (χ3n) is 4.23. The summed E-state index contributed by atoms with van der Waals surface area (Å²) in [6, 6.07) is 9.90. The van der Waals surface area contributed by atoms with Crippen molar-refractivity contribution in [2.45, 2.75) is 6.42 Å². The third-order valence-corrected chi connectivity index (χ3v) is 4.23. The molecule has 3 rings (SSSR count). The van der Waals surface area contributed by atoms with Crippen molar-refractivity contribution in [1.29, 1.82) is 5.26 Å². The molecule has 150 valence electrons. The van der Waals surface area contributed by atoms with Gasteiger partial charge in [-0.25, -0.2) is 9.18 Å². The zero-order chi connectivity index (χ0) is 20.8. The fourth-order valence-electron chi connectivity index (χ4n) is 2.72. The third kappa shape index (κ3) is 5.16. The lowest BCUT2D eigenvalue weighted by molar-refractivity contribution is 0.156. The second kappa shape index (κ2) is 9.27. The molecule has 1 aliphatic heterocycles. The van der Waals surface area contributed by atoms with E-state index in [1.165, 1.54) is 30.3 Å². The molecule has 2 N–H and O–H groups in total. The van der Waals surface area contributed by atoms with Crippen molar-refractivity contribution in [3.63, 3.8) is 0 Å². The number of amides is 1. The summed E-state index contributed by atoms with van der Waals surface area (Å²) in [7, 11) is -1.74. The number of carbonyl (C=O) groups excluding carboxylic acids is 1. The molecule has 1 amide bonds. The molecule has 29 heavy (non-hydrogen) atoms. The average Bonchev–Trinajstić information content (AvgIpc) is 3.11. The van der Waals surface area contributed by atoms with Crippen LogP contribution in [0.15, 0.2) is 36.4 Å². The van der Waals surface area contributed by atoms with Gasteiger partial charge in [0.2, 0.25) is 0 Å². The van der Waals surface area contributed by atoms with Crippen LogP contribution < -0.4 is 14.9 Å². The molecule has 0 unspecified atom stereocenters. The van der Waals surface area contributed by atoms with Gasteiger partial charge in [0.05, 0.1) is 18.7 Å². The Morgan fingerprint density at radius 3 is 2.72 bits per heavy atom. The van der Waals surface area contributed by atoms with Gasteiger partial charge in [-0.05, 0) is 36.1 Å². The summed E-state index contributed by atoms with van der Waals surface area (Å²) in [5.74, 6) is -0.551. The largest absolute Gasteiger partial charge is 0.493 e. The SMILES string of the molecule is N#Cc1ccc(B(O)O)cc1Oc1ccc(OCCCN2CCOC2=O)cc1F. The molecule has 0 atom stereocenters. The first kappa shape index (κ1) is 20.4. The van der Waals surface area contributed by atoms with Crippen LogP contribution in [0.2, 0.25) is 0 Å². The fourth-order valence-corrected chi connectivity index (χ4v) is 2.72. The average molecular weight is 400 g/mol.